The van der Waals surface area contributed by atoms with E-state index >= 15 is 0 Å². The maximum Gasteiger partial charge on any atom is 0.160 e. The van der Waals surface area contributed by atoms with Gasteiger partial charge in [-0.1, -0.05) is 13.8 Å². The molecule has 3 N–H and O–H groups in total. The number of aliphatic hydroxyl groups is 1. The van der Waals surface area contributed by atoms with Gasteiger partial charge in [-0.2, -0.15) is 0 Å². The largest absolute Gasteiger partial charge is 0.369 e. The van der Waals surface area contributed by atoms with Crippen molar-refractivity contribution in [3.05, 3.63) is 12.4 Å². The Morgan fingerprint density at radius 1 is 1.50 bits per heavy atom. The molecule has 0 aromatic rings. The molecule has 70 valence electrons. The summed E-state index contributed by atoms with van der Waals surface area (Å²) in [6.45, 7) is 6.39. The molecule has 0 fully saturated rings. The van der Waals surface area contributed by atoms with Crippen LogP contribution in [-0.2, 0) is 0 Å². The molecule has 0 spiro atoms. The third-order valence-electron chi connectivity index (χ3n) is 1.15. The summed E-state index contributed by atoms with van der Waals surface area (Å²) in [5.74, 6) is 0. The number of aliphatic hydroxyl groups excluding tert-OH is 1. The van der Waals surface area contributed by atoms with Crippen molar-refractivity contribution < 1.29 is 5.11 Å². The highest BCUT2D eigenvalue weighted by Gasteiger charge is 1.93. The minimum absolute atomic E-state index is 0.593. The number of rotatable bonds is 2. The molecule has 1 aliphatic heterocycles. The molecule has 4 heteroatoms. The second-order valence-corrected chi connectivity index (χ2v) is 2.18. The molecule has 1 rings (SSSR count). The lowest BCUT2D eigenvalue weighted by molar-refractivity contribution is 0.224. The van der Waals surface area contributed by atoms with E-state index in [2.05, 4.69) is 29.5 Å². The van der Waals surface area contributed by atoms with Crippen LogP contribution in [0.3, 0.4) is 0 Å². The first-order chi connectivity index (χ1) is 5.81. The third-order valence-corrected chi connectivity index (χ3v) is 1.15. The third kappa shape index (κ3) is 7.24. The first-order valence-corrected chi connectivity index (χ1v) is 4.14. The lowest BCUT2D eigenvalue weighted by Crippen LogP contribution is -2.26. The zero-order valence-corrected chi connectivity index (χ0v) is 7.62. The molecule has 0 saturated heterocycles. The van der Waals surface area contributed by atoms with Crippen LogP contribution < -0.4 is 10.6 Å². The van der Waals surface area contributed by atoms with Crippen molar-refractivity contribution in [1.29, 1.82) is 0 Å². The average Bonchev–Trinajstić information content (AvgIpc) is 2.08. The number of nitrogens with one attached hydrogen (secondary N) is 2. The molecule has 0 amide bonds. The maximum atomic E-state index is 8.60. The Morgan fingerprint density at radius 2 is 2.17 bits per heavy atom. The predicted molar refractivity (Wildman–Crippen MR) is 51.0 cm³/mol. The van der Waals surface area contributed by atoms with Gasteiger partial charge in [0.1, 0.15) is 0 Å². The van der Waals surface area contributed by atoms with Crippen molar-refractivity contribution in [2.24, 2.45) is 4.99 Å². The Bertz CT molecular complexity index is 143. The van der Waals surface area contributed by atoms with Gasteiger partial charge >= 0.3 is 0 Å². The number of hydrogen-bond donors (Lipinski definition) is 3. The van der Waals surface area contributed by atoms with Crippen molar-refractivity contribution in [3.8, 4) is 0 Å². The highest BCUT2D eigenvalue weighted by atomic mass is 16.3. The fourth-order valence-corrected chi connectivity index (χ4v) is 0.609. The molecule has 0 aromatic heterocycles. The van der Waals surface area contributed by atoms with Crippen molar-refractivity contribution in [3.63, 3.8) is 0 Å². The average molecular weight is 171 g/mol. The second-order valence-electron chi connectivity index (χ2n) is 2.18. The summed E-state index contributed by atoms with van der Waals surface area (Å²) in [5.41, 5.74) is 0. The van der Waals surface area contributed by atoms with E-state index in [-0.39, 0.29) is 0 Å². The fraction of sp³-hybridized carbons (Fsp3) is 0.625. The Balaban J connectivity index is 0.000000217. The van der Waals surface area contributed by atoms with Crippen LogP contribution in [0.4, 0.5) is 0 Å². The number of aliphatic imine (C=N–C) groups is 1. The van der Waals surface area contributed by atoms with E-state index in [1.54, 1.807) is 12.4 Å². The van der Waals surface area contributed by atoms with Crippen LogP contribution in [0.25, 0.3) is 0 Å². The Labute approximate surface area is 73.4 Å². The summed E-state index contributed by atoms with van der Waals surface area (Å²) in [4.78, 5) is 3.64. The van der Waals surface area contributed by atoms with E-state index in [0.29, 0.717) is 0 Å². The molecule has 12 heavy (non-hydrogen) atoms. The number of hydrogen-bond acceptors (Lipinski definition) is 4. The van der Waals surface area contributed by atoms with Gasteiger partial charge in [0.15, 0.2) is 6.23 Å². The summed E-state index contributed by atoms with van der Waals surface area (Å²) in [6, 6.07) is 0. The standard InChI is InChI=1S/C4H6N2O.C4H11N/c7-4-3-5-1-2-6-4;1-3-5-4-2/h1-4,6-7H;5H,3-4H2,1-2H3. The summed E-state index contributed by atoms with van der Waals surface area (Å²) >= 11 is 0. The van der Waals surface area contributed by atoms with Crippen molar-refractivity contribution >= 4 is 6.21 Å². The first-order valence-electron chi connectivity index (χ1n) is 4.14. The van der Waals surface area contributed by atoms with Gasteiger partial charge in [0, 0.05) is 12.4 Å². The number of nitrogens with zero attached hydrogens (tertiary/aromatic N) is 1. The molecule has 4 nitrogen and oxygen atoms in total. The molecule has 0 aromatic carbocycles. The van der Waals surface area contributed by atoms with E-state index in [1.165, 1.54) is 6.21 Å². The maximum absolute atomic E-state index is 8.60. The minimum Gasteiger partial charge on any atom is -0.369 e. The molecule has 1 heterocycles. The van der Waals surface area contributed by atoms with E-state index < -0.39 is 6.23 Å². The quantitative estimate of drug-likeness (QED) is 0.551. The fourth-order valence-electron chi connectivity index (χ4n) is 0.609. The molecule has 0 radical (unpaired) electrons. The van der Waals surface area contributed by atoms with Gasteiger partial charge in [-0.25, -0.2) is 0 Å². The van der Waals surface area contributed by atoms with Crippen LogP contribution in [-0.4, -0.2) is 30.6 Å². The molecule has 0 bridgehead atoms. The molecular formula is C8H17N3O. The zero-order valence-electron chi connectivity index (χ0n) is 7.62. The summed E-state index contributed by atoms with van der Waals surface area (Å²) in [5, 5.41) is 14.3. The smallest absolute Gasteiger partial charge is 0.160 e. The normalized spacial score (nSPS) is 19.4. The Morgan fingerprint density at radius 3 is 2.33 bits per heavy atom. The molecule has 1 atom stereocenters. The predicted octanol–water partition coefficient (Wildman–Crippen LogP) is 0.0658. The zero-order chi connectivity index (χ0) is 9.23. The lowest BCUT2D eigenvalue weighted by Gasteiger charge is -2.05. The molecule has 0 aliphatic carbocycles. The van der Waals surface area contributed by atoms with Crippen molar-refractivity contribution in [2.75, 3.05) is 13.1 Å². The molecule has 1 aliphatic rings. The summed E-state index contributed by atoms with van der Waals surface area (Å²) < 4.78 is 0. The van der Waals surface area contributed by atoms with E-state index in [0.717, 1.165) is 13.1 Å². The van der Waals surface area contributed by atoms with Gasteiger partial charge in [0.05, 0.1) is 6.21 Å². The van der Waals surface area contributed by atoms with E-state index in [1.807, 2.05) is 0 Å². The van der Waals surface area contributed by atoms with Gasteiger partial charge < -0.3 is 15.7 Å². The highest BCUT2D eigenvalue weighted by molar-refractivity contribution is 5.64. The first kappa shape index (κ1) is 11.1. The van der Waals surface area contributed by atoms with Crippen LogP contribution >= 0.6 is 0 Å². The van der Waals surface area contributed by atoms with Gasteiger partial charge in [-0.3, -0.25) is 4.99 Å². The Kier molecular flexibility index (Phi) is 7.63. The van der Waals surface area contributed by atoms with E-state index in [4.69, 9.17) is 5.11 Å². The Hall–Kier alpha value is -0.870. The van der Waals surface area contributed by atoms with Crippen LogP contribution in [0.15, 0.2) is 17.4 Å². The minimum atomic E-state index is -0.593. The topological polar surface area (TPSA) is 56.6 Å². The van der Waals surface area contributed by atoms with Gasteiger partial charge in [-0.05, 0) is 13.1 Å². The van der Waals surface area contributed by atoms with Crippen molar-refractivity contribution in [1.82, 2.24) is 10.6 Å². The summed E-state index contributed by atoms with van der Waals surface area (Å²) in [6.07, 6.45) is 3.99. The van der Waals surface area contributed by atoms with E-state index in [9.17, 15) is 0 Å². The van der Waals surface area contributed by atoms with Crippen molar-refractivity contribution in [2.45, 2.75) is 20.1 Å². The molecule has 0 saturated carbocycles. The highest BCUT2D eigenvalue weighted by Crippen LogP contribution is 1.80. The van der Waals surface area contributed by atoms with Crippen LogP contribution in [0.5, 0.6) is 0 Å². The van der Waals surface area contributed by atoms with Gasteiger partial charge in [0.25, 0.3) is 0 Å². The van der Waals surface area contributed by atoms with Gasteiger partial charge in [-0.15, -0.1) is 0 Å². The summed E-state index contributed by atoms with van der Waals surface area (Å²) in [7, 11) is 0. The molecular weight excluding hydrogens is 154 g/mol. The van der Waals surface area contributed by atoms with Crippen LogP contribution in [0, 0.1) is 0 Å². The van der Waals surface area contributed by atoms with Crippen LogP contribution in [0.1, 0.15) is 13.8 Å². The lowest BCUT2D eigenvalue weighted by atomic mass is 10.6. The monoisotopic (exact) mass is 171 g/mol. The van der Waals surface area contributed by atoms with Crippen LogP contribution in [0.2, 0.25) is 0 Å². The SMILES string of the molecule is CCNCC.OC1C=NC=CN1. The molecule has 1 unspecified atom stereocenters. The van der Waals surface area contributed by atoms with Gasteiger partial charge in [0.2, 0.25) is 0 Å². The second kappa shape index (κ2) is 8.23.